The number of aromatic nitrogens is 2. The van der Waals surface area contributed by atoms with Crippen LogP contribution in [0.1, 0.15) is 5.56 Å². The standard InChI is InChI=1S/C25H16BrCl2N3O2/c26-18-7-3-17(4-8-18)24(32)23(25(33)29-21-13-11-20(28)12-14-21)31-15-1-2-22(30-31)16-5-9-19(27)10-6-16/h1-15H,(H-,29,30,32,33). The Morgan fingerprint density at radius 2 is 1.48 bits per heavy atom. The van der Waals surface area contributed by atoms with Crippen LogP contribution >= 0.6 is 39.1 Å². The molecule has 33 heavy (non-hydrogen) atoms. The zero-order chi connectivity index (χ0) is 23.4. The molecular weight excluding hydrogens is 525 g/mol. The molecule has 1 heterocycles. The van der Waals surface area contributed by atoms with Gasteiger partial charge in [-0.2, -0.15) is 0 Å². The number of halogens is 3. The summed E-state index contributed by atoms with van der Waals surface area (Å²) in [4.78, 5) is 13.3. The maximum absolute atomic E-state index is 13.4. The Kier molecular flexibility index (Phi) is 7.08. The minimum atomic E-state index is -0.601. The Morgan fingerprint density at radius 1 is 0.879 bits per heavy atom. The van der Waals surface area contributed by atoms with Crippen molar-refractivity contribution in [1.82, 2.24) is 5.10 Å². The van der Waals surface area contributed by atoms with Crippen LogP contribution in [-0.2, 0) is 4.79 Å². The van der Waals surface area contributed by atoms with E-state index in [-0.39, 0.29) is 5.70 Å². The zero-order valence-corrected chi connectivity index (χ0v) is 20.1. The van der Waals surface area contributed by atoms with Gasteiger partial charge in [-0.05, 0) is 70.6 Å². The molecule has 0 saturated carbocycles. The molecular formula is C25H16BrCl2N3O2. The Balaban J connectivity index is 1.80. The Hall–Kier alpha value is -3.19. The molecule has 0 bridgehead atoms. The first kappa shape index (κ1) is 23.0. The molecule has 164 valence electrons. The third kappa shape index (κ3) is 5.60. The van der Waals surface area contributed by atoms with E-state index in [2.05, 4.69) is 26.3 Å². The minimum absolute atomic E-state index is 0.150. The van der Waals surface area contributed by atoms with Gasteiger partial charge in [0.2, 0.25) is 6.20 Å². The Morgan fingerprint density at radius 3 is 2.12 bits per heavy atom. The molecule has 0 aliphatic rings. The second-order valence-corrected chi connectivity index (χ2v) is 8.78. The first-order valence-electron chi connectivity index (χ1n) is 9.80. The summed E-state index contributed by atoms with van der Waals surface area (Å²) < 4.78 is 2.11. The van der Waals surface area contributed by atoms with Crippen molar-refractivity contribution < 1.29 is 14.6 Å². The summed E-state index contributed by atoms with van der Waals surface area (Å²) in [6.45, 7) is 0. The van der Waals surface area contributed by atoms with E-state index in [1.807, 2.05) is 12.1 Å². The highest BCUT2D eigenvalue weighted by atomic mass is 79.9. The fourth-order valence-corrected chi connectivity index (χ4v) is 3.59. The molecule has 1 aromatic heterocycles. The van der Waals surface area contributed by atoms with Gasteiger partial charge in [0.15, 0.2) is 0 Å². The van der Waals surface area contributed by atoms with Gasteiger partial charge in [-0.15, -0.1) is 0 Å². The van der Waals surface area contributed by atoms with Crippen LogP contribution < -0.4 is 15.1 Å². The first-order chi connectivity index (χ1) is 15.9. The fraction of sp³-hybridized carbons (Fsp3) is 0. The molecule has 0 spiro atoms. The van der Waals surface area contributed by atoms with Gasteiger partial charge >= 0.3 is 5.91 Å². The van der Waals surface area contributed by atoms with E-state index >= 15 is 0 Å². The van der Waals surface area contributed by atoms with Gasteiger partial charge < -0.3 is 10.4 Å². The number of hydrogen-bond acceptors (Lipinski definition) is 3. The SMILES string of the molecule is O=C(Nc1ccc(Cl)cc1)/C(=C(/[O-])c1ccc(Br)cc1)[n+]1cccc(-c2ccc(Cl)cc2)n1. The molecule has 4 aromatic rings. The number of nitrogens with one attached hydrogen (secondary N) is 1. The van der Waals surface area contributed by atoms with Crippen molar-refractivity contribution in [2.45, 2.75) is 0 Å². The predicted octanol–water partition coefficient (Wildman–Crippen LogP) is 5.43. The maximum Gasteiger partial charge on any atom is 0.322 e. The summed E-state index contributed by atoms with van der Waals surface area (Å²) in [5, 5.41) is 21.9. The van der Waals surface area contributed by atoms with E-state index in [9.17, 15) is 9.90 Å². The highest BCUT2D eigenvalue weighted by Gasteiger charge is 2.25. The molecule has 5 nitrogen and oxygen atoms in total. The van der Waals surface area contributed by atoms with E-state index in [0.29, 0.717) is 27.0 Å². The molecule has 3 aromatic carbocycles. The Bertz CT molecular complexity index is 1320. The van der Waals surface area contributed by atoms with Crippen LogP contribution in [-0.4, -0.2) is 11.0 Å². The summed E-state index contributed by atoms with van der Waals surface area (Å²) in [6.07, 6.45) is 1.56. The van der Waals surface area contributed by atoms with Gasteiger partial charge in [0.25, 0.3) is 5.70 Å². The zero-order valence-electron chi connectivity index (χ0n) is 17.0. The molecule has 0 unspecified atom stereocenters. The van der Waals surface area contributed by atoms with Crippen LogP contribution in [0.5, 0.6) is 0 Å². The van der Waals surface area contributed by atoms with Gasteiger partial charge in [-0.25, -0.2) is 0 Å². The van der Waals surface area contributed by atoms with Crippen molar-refractivity contribution >= 4 is 62.2 Å². The van der Waals surface area contributed by atoms with Gasteiger partial charge in [0, 0.05) is 36.9 Å². The molecule has 0 radical (unpaired) electrons. The summed E-state index contributed by atoms with van der Waals surface area (Å²) >= 11 is 15.3. The van der Waals surface area contributed by atoms with Crippen molar-refractivity contribution in [2.75, 3.05) is 5.32 Å². The average Bonchev–Trinajstić information content (AvgIpc) is 2.82. The second-order valence-electron chi connectivity index (χ2n) is 6.99. The molecule has 0 atom stereocenters. The van der Waals surface area contributed by atoms with E-state index in [1.165, 1.54) is 4.68 Å². The minimum Gasteiger partial charge on any atom is -0.867 e. The lowest BCUT2D eigenvalue weighted by Crippen LogP contribution is -2.44. The number of rotatable bonds is 5. The number of nitrogens with zero attached hydrogens (tertiary/aromatic N) is 2. The van der Waals surface area contributed by atoms with Gasteiger partial charge in [0.1, 0.15) is 5.69 Å². The quantitative estimate of drug-likeness (QED) is 0.208. The largest absolute Gasteiger partial charge is 0.867 e. The molecule has 1 N–H and O–H groups in total. The lowest BCUT2D eigenvalue weighted by Gasteiger charge is -2.14. The first-order valence-corrected chi connectivity index (χ1v) is 11.3. The van der Waals surface area contributed by atoms with Crippen molar-refractivity contribution in [3.63, 3.8) is 0 Å². The fourth-order valence-electron chi connectivity index (χ4n) is 3.07. The second kappa shape index (κ2) is 10.2. The molecule has 4 rings (SSSR count). The van der Waals surface area contributed by atoms with E-state index in [4.69, 9.17) is 23.2 Å². The van der Waals surface area contributed by atoms with Crippen LogP contribution in [0.2, 0.25) is 10.0 Å². The monoisotopic (exact) mass is 539 g/mol. The number of amides is 1. The van der Waals surface area contributed by atoms with E-state index in [0.717, 1.165) is 10.0 Å². The van der Waals surface area contributed by atoms with Crippen LogP contribution in [0.3, 0.4) is 0 Å². The molecule has 0 fully saturated rings. The lowest BCUT2D eigenvalue weighted by atomic mass is 10.1. The molecule has 8 heteroatoms. The third-order valence-corrected chi connectivity index (χ3v) is 5.74. The summed E-state index contributed by atoms with van der Waals surface area (Å²) in [5.74, 6) is -1.07. The number of anilines is 1. The van der Waals surface area contributed by atoms with Crippen LogP contribution in [0.4, 0.5) is 5.69 Å². The van der Waals surface area contributed by atoms with Gasteiger partial charge in [-0.1, -0.05) is 63.4 Å². The number of carbonyl (C=O) groups is 1. The normalized spacial score (nSPS) is 11.6. The molecule has 1 amide bonds. The number of hydrogen-bond donors (Lipinski definition) is 1. The van der Waals surface area contributed by atoms with Gasteiger partial charge in [-0.3, -0.25) is 4.79 Å². The number of carbonyl (C=O) groups excluding carboxylic acids is 1. The predicted molar refractivity (Wildman–Crippen MR) is 132 cm³/mol. The molecule has 0 saturated heterocycles. The number of benzene rings is 3. The van der Waals surface area contributed by atoms with Crippen molar-refractivity contribution in [3.05, 3.63) is 111 Å². The maximum atomic E-state index is 13.4. The van der Waals surface area contributed by atoms with Crippen LogP contribution in [0.15, 0.2) is 95.6 Å². The summed E-state index contributed by atoms with van der Waals surface area (Å²) in [6, 6.07) is 24.0. The van der Waals surface area contributed by atoms with Crippen LogP contribution in [0, 0.1) is 0 Å². The van der Waals surface area contributed by atoms with Crippen LogP contribution in [0.25, 0.3) is 22.7 Å². The smallest absolute Gasteiger partial charge is 0.322 e. The van der Waals surface area contributed by atoms with Crippen molar-refractivity contribution in [3.8, 4) is 11.3 Å². The molecule has 0 aliphatic heterocycles. The highest BCUT2D eigenvalue weighted by molar-refractivity contribution is 9.10. The topological polar surface area (TPSA) is 68.9 Å². The summed E-state index contributed by atoms with van der Waals surface area (Å²) in [5.41, 5.74) is 2.07. The Labute approximate surface area is 209 Å². The summed E-state index contributed by atoms with van der Waals surface area (Å²) in [7, 11) is 0. The van der Waals surface area contributed by atoms with E-state index in [1.54, 1.807) is 79.0 Å². The lowest BCUT2D eigenvalue weighted by molar-refractivity contribution is -0.642. The third-order valence-electron chi connectivity index (χ3n) is 4.70. The average molecular weight is 541 g/mol. The van der Waals surface area contributed by atoms with E-state index < -0.39 is 11.7 Å². The van der Waals surface area contributed by atoms with Crippen molar-refractivity contribution in [1.29, 1.82) is 0 Å². The molecule has 0 aliphatic carbocycles. The highest BCUT2D eigenvalue weighted by Crippen LogP contribution is 2.21. The van der Waals surface area contributed by atoms with Crippen molar-refractivity contribution in [2.24, 2.45) is 0 Å². The van der Waals surface area contributed by atoms with Gasteiger partial charge in [0.05, 0.1) is 0 Å².